The summed E-state index contributed by atoms with van der Waals surface area (Å²) < 4.78 is 5.75. The number of ether oxygens (including phenoxy) is 1. The first-order valence-electron chi connectivity index (χ1n) is 5.77. The van der Waals surface area contributed by atoms with Gasteiger partial charge in [0.1, 0.15) is 12.4 Å². The highest BCUT2D eigenvalue weighted by molar-refractivity contribution is 5.35. The van der Waals surface area contributed by atoms with E-state index in [9.17, 15) is 0 Å². The summed E-state index contributed by atoms with van der Waals surface area (Å²) in [7, 11) is 4.07. The van der Waals surface area contributed by atoms with Crippen molar-refractivity contribution in [2.75, 3.05) is 27.2 Å². The second-order valence-electron chi connectivity index (χ2n) is 4.20. The summed E-state index contributed by atoms with van der Waals surface area (Å²) in [6, 6.07) is 8.08. The number of hydrogen-bond donors (Lipinski definition) is 1. The van der Waals surface area contributed by atoms with E-state index in [1.807, 2.05) is 38.4 Å². The Labute approximate surface area is 98.2 Å². The van der Waals surface area contributed by atoms with E-state index in [-0.39, 0.29) is 6.04 Å². The van der Waals surface area contributed by atoms with Gasteiger partial charge in [0.25, 0.3) is 0 Å². The highest BCUT2D eigenvalue weighted by Gasteiger charge is 2.09. The minimum atomic E-state index is 0.0653. The number of nitrogens with two attached hydrogens (primary N) is 1. The van der Waals surface area contributed by atoms with Crippen molar-refractivity contribution in [3.63, 3.8) is 0 Å². The molecular formula is C13H22N2O. The molecule has 0 fully saturated rings. The second kappa shape index (κ2) is 6.51. The maximum absolute atomic E-state index is 6.04. The fourth-order valence-electron chi connectivity index (χ4n) is 1.48. The van der Waals surface area contributed by atoms with Gasteiger partial charge in [-0.2, -0.15) is 0 Å². The summed E-state index contributed by atoms with van der Waals surface area (Å²) in [5.74, 6) is 0.915. The number of hydrogen-bond acceptors (Lipinski definition) is 3. The topological polar surface area (TPSA) is 38.5 Å². The van der Waals surface area contributed by atoms with Gasteiger partial charge in [-0.05, 0) is 26.6 Å². The quantitative estimate of drug-likeness (QED) is 0.800. The van der Waals surface area contributed by atoms with E-state index in [0.29, 0.717) is 6.61 Å². The highest BCUT2D eigenvalue weighted by Crippen LogP contribution is 2.25. The van der Waals surface area contributed by atoms with Crippen LogP contribution in [0.25, 0.3) is 0 Å². The van der Waals surface area contributed by atoms with Gasteiger partial charge in [-0.25, -0.2) is 0 Å². The second-order valence-corrected chi connectivity index (χ2v) is 4.20. The minimum absolute atomic E-state index is 0.0653. The van der Waals surface area contributed by atoms with E-state index >= 15 is 0 Å². The lowest BCUT2D eigenvalue weighted by atomic mass is 10.0. The van der Waals surface area contributed by atoms with Crippen molar-refractivity contribution in [2.24, 2.45) is 5.73 Å². The summed E-state index contributed by atoms with van der Waals surface area (Å²) in [6.45, 7) is 3.69. The van der Waals surface area contributed by atoms with Crippen LogP contribution < -0.4 is 10.5 Å². The fourth-order valence-corrected chi connectivity index (χ4v) is 1.48. The summed E-state index contributed by atoms with van der Waals surface area (Å²) in [5.41, 5.74) is 7.14. The minimum Gasteiger partial charge on any atom is -0.492 e. The van der Waals surface area contributed by atoms with Crippen LogP contribution in [0.4, 0.5) is 0 Å². The molecule has 1 rings (SSSR count). The molecule has 0 spiro atoms. The van der Waals surface area contributed by atoms with Gasteiger partial charge in [0.05, 0.1) is 0 Å². The molecule has 1 atom stereocenters. The van der Waals surface area contributed by atoms with Crippen molar-refractivity contribution < 1.29 is 4.74 Å². The first-order chi connectivity index (χ1) is 7.65. The average molecular weight is 222 g/mol. The SMILES string of the molecule is CCC(N)c1ccccc1OCCN(C)C. The number of likely N-dealkylation sites (N-methyl/N-ethyl adjacent to an activating group) is 1. The van der Waals surface area contributed by atoms with Gasteiger partial charge in [-0.1, -0.05) is 25.1 Å². The molecule has 0 radical (unpaired) electrons. The Morgan fingerprint density at radius 3 is 2.62 bits per heavy atom. The van der Waals surface area contributed by atoms with Gasteiger partial charge < -0.3 is 15.4 Å². The van der Waals surface area contributed by atoms with Crippen molar-refractivity contribution in [3.05, 3.63) is 29.8 Å². The van der Waals surface area contributed by atoms with Gasteiger partial charge in [0.2, 0.25) is 0 Å². The lowest BCUT2D eigenvalue weighted by Crippen LogP contribution is -2.20. The monoisotopic (exact) mass is 222 g/mol. The highest BCUT2D eigenvalue weighted by atomic mass is 16.5. The van der Waals surface area contributed by atoms with E-state index in [0.717, 1.165) is 24.3 Å². The van der Waals surface area contributed by atoms with Crippen molar-refractivity contribution in [1.29, 1.82) is 0 Å². The van der Waals surface area contributed by atoms with Crippen LogP contribution in [0.15, 0.2) is 24.3 Å². The predicted molar refractivity (Wildman–Crippen MR) is 67.7 cm³/mol. The Bertz CT molecular complexity index is 313. The number of benzene rings is 1. The molecule has 1 aromatic carbocycles. The summed E-state index contributed by atoms with van der Waals surface area (Å²) >= 11 is 0. The molecular weight excluding hydrogens is 200 g/mol. The standard InChI is InChI=1S/C13H22N2O/c1-4-12(14)11-7-5-6-8-13(11)16-10-9-15(2)3/h5-8,12H,4,9-10,14H2,1-3H3. The molecule has 16 heavy (non-hydrogen) atoms. The van der Waals surface area contributed by atoms with Crippen molar-refractivity contribution in [1.82, 2.24) is 4.90 Å². The zero-order chi connectivity index (χ0) is 12.0. The molecule has 0 heterocycles. The number of para-hydroxylation sites is 1. The van der Waals surface area contributed by atoms with Gasteiger partial charge in [0, 0.05) is 18.2 Å². The maximum atomic E-state index is 6.04. The fraction of sp³-hybridized carbons (Fsp3) is 0.538. The molecule has 0 amide bonds. The summed E-state index contributed by atoms with van der Waals surface area (Å²) in [4.78, 5) is 2.10. The van der Waals surface area contributed by atoms with E-state index < -0.39 is 0 Å². The van der Waals surface area contributed by atoms with Crippen molar-refractivity contribution in [3.8, 4) is 5.75 Å². The van der Waals surface area contributed by atoms with Gasteiger partial charge in [-0.3, -0.25) is 0 Å². The third kappa shape index (κ3) is 3.83. The zero-order valence-corrected chi connectivity index (χ0v) is 10.4. The molecule has 0 saturated heterocycles. The average Bonchev–Trinajstić information content (AvgIpc) is 2.28. The van der Waals surface area contributed by atoms with Crippen LogP contribution in [-0.2, 0) is 0 Å². The molecule has 90 valence electrons. The normalized spacial score (nSPS) is 12.8. The van der Waals surface area contributed by atoms with Crippen LogP contribution in [0.3, 0.4) is 0 Å². The summed E-state index contributed by atoms with van der Waals surface area (Å²) in [5, 5.41) is 0. The maximum Gasteiger partial charge on any atom is 0.124 e. The van der Waals surface area contributed by atoms with E-state index in [1.165, 1.54) is 0 Å². The Kier molecular flexibility index (Phi) is 5.29. The Morgan fingerprint density at radius 2 is 2.00 bits per heavy atom. The molecule has 2 N–H and O–H groups in total. The van der Waals surface area contributed by atoms with E-state index in [2.05, 4.69) is 11.8 Å². The molecule has 0 aliphatic heterocycles. The molecule has 1 unspecified atom stereocenters. The largest absolute Gasteiger partial charge is 0.492 e. The van der Waals surface area contributed by atoms with Gasteiger partial charge >= 0.3 is 0 Å². The third-order valence-corrected chi connectivity index (χ3v) is 2.55. The third-order valence-electron chi connectivity index (χ3n) is 2.55. The molecule has 0 aromatic heterocycles. The molecule has 0 aliphatic carbocycles. The first-order valence-corrected chi connectivity index (χ1v) is 5.77. The molecule has 0 saturated carbocycles. The molecule has 3 nitrogen and oxygen atoms in total. The van der Waals surface area contributed by atoms with Crippen LogP contribution >= 0.6 is 0 Å². The molecule has 3 heteroatoms. The van der Waals surface area contributed by atoms with Gasteiger partial charge in [0.15, 0.2) is 0 Å². The van der Waals surface area contributed by atoms with Crippen molar-refractivity contribution in [2.45, 2.75) is 19.4 Å². The Hall–Kier alpha value is -1.06. The van der Waals surface area contributed by atoms with Crippen molar-refractivity contribution >= 4 is 0 Å². The lowest BCUT2D eigenvalue weighted by molar-refractivity contribution is 0.258. The Morgan fingerprint density at radius 1 is 1.31 bits per heavy atom. The predicted octanol–water partition coefficient (Wildman–Crippen LogP) is 2.04. The van der Waals surface area contributed by atoms with Crippen LogP contribution in [0, 0.1) is 0 Å². The molecule has 0 aliphatic rings. The van der Waals surface area contributed by atoms with Crippen LogP contribution in [0.5, 0.6) is 5.75 Å². The molecule has 0 bridgehead atoms. The number of rotatable bonds is 6. The molecule has 1 aromatic rings. The van der Waals surface area contributed by atoms with Crippen LogP contribution in [0.1, 0.15) is 24.9 Å². The van der Waals surface area contributed by atoms with Crippen LogP contribution in [0.2, 0.25) is 0 Å². The van der Waals surface area contributed by atoms with Gasteiger partial charge in [-0.15, -0.1) is 0 Å². The Balaban J connectivity index is 2.64. The van der Waals surface area contributed by atoms with Crippen LogP contribution in [-0.4, -0.2) is 32.1 Å². The smallest absolute Gasteiger partial charge is 0.124 e. The first kappa shape index (κ1) is 13.0. The lowest BCUT2D eigenvalue weighted by Gasteiger charge is -2.16. The van der Waals surface area contributed by atoms with E-state index in [4.69, 9.17) is 10.5 Å². The zero-order valence-electron chi connectivity index (χ0n) is 10.4. The number of nitrogens with zero attached hydrogens (tertiary/aromatic N) is 1. The van der Waals surface area contributed by atoms with E-state index in [1.54, 1.807) is 0 Å². The summed E-state index contributed by atoms with van der Waals surface area (Å²) in [6.07, 6.45) is 0.925.